The van der Waals surface area contributed by atoms with Crippen LogP contribution in [-0.4, -0.2) is 15.0 Å². The van der Waals surface area contributed by atoms with Crippen LogP contribution >= 0.6 is 0 Å². The molecular weight excluding hydrogens is 334 g/mol. The Balaban J connectivity index is 2.59. The van der Waals surface area contributed by atoms with Crippen LogP contribution in [0.4, 0.5) is 17.6 Å². The summed E-state index contributed by atoms with van der Waals surface area (Å²) in [4.78, 5) is -0.246. The SMILES string of the molecule is [NH3+]C[C@@H](c1ccccc1C(F)(F)F)S(=O)(=O)c1ccc(F)cc1. The fourth-order valence-corrected chi connectivity index (χ4v) is 4.00. The Morgan fingerprint density at radius 1 is 1.00 bits per heavy atom. The second-order valence-electron chi connectivity index (χ2n) is 4.86. The number of halogens is 4. The van der Waals surface area contributed by atoms with Crippen LogP contribution in [0.15, 0.2) is 53.4 Å². The largest absolute Gasteiger partial charge is 0.416 e. The molecule has 0 aliphatic carbocycles. The Hall–Kier alpha value is -1.93. The summed E-state index contributed by atoms with van der Waals surface area (Å²) >= 11 is 0. The van der Waals surface area contributed by atoms with E-state index in [-0.39, 0.29) is 17.0 Å². The number of hydrogen-bond donors (Lipinski definition) is 1. The second-order valence-corrected chi connectivity index (χ2v) is 6.99. The van der Waals surface area contributed by atoms with Gasteiger partial charge < -0.3 is 5.73 Å². The number of sulfone groups is 1. The molecular formula is C15H14F4NO2S+. The lowest BCUT2D eigenvalue weighted by Gasteiger charge is -2.19. The maximum atomic E-state index is 13.1. The first-order valence-electron chi connectivity index (χ1n) is 6.62. The highest BCUT2D eigenvalue weighted by Gasteiger charge is 2.39. The van der Waals surface area contributed by atoms with E-state index in [1.165, 1.54) is 12.1 Å². The van der Waals surface area contributed by atoms with Gasteiger partial charge in [-0.1, -0.05) is 18.2 Å². The van der Waals surface area contributed by atoms with Gasteiger partial charge in [0.1, 0.15) is 11.1 Å². The standard InChI is InChI=1S/C15H13F4NO2S/c16-10-5-7-11(8-6-10)23(21,22)14(9-20)12-3-1-2-4-13(12)15(17,18)19/h1-8,14H,9,20H2/p+1/t14-/m0/s1. The predicted octanol–water partition coefficient (Wildman–Crippen LogP) is 2.60. The number of alkyl halides is 3. The van der Waals surface area contributed by atoms with Crippen LogP contribution in [0.1, 0.15) is 16.4 Å². The van der Waals surface area contributed by atoms with Crippen molar-refractivity contribution in [2.24, 2.45) is 0 Å². The molecule has 2 rings (SSSR count). The zero-order valence-electron chi connectivity index (χ0n) is 11.8. The van der Waals surface area contributed by atoms with Gasteiger partial charge in [0.15, 0.2) is 9.84 Å². The fourth-order valence-electron chi connectivity index (χ4n) is 2.30. The molecule has 0 heterocycles. The first-order chi connectivity index (χ1) is 10.7. The molecule has 0 bridgehead atoms. The molecule has 1 atom stereocenters. The third-order valence-electron chi connectivity index (χ3n) is 3.39. The molecule has 0 fully saturated rings. The molecule has 124 valence electrons. The van der Waals surface area contributed by atoms with E-state index in [2.05, 4.69) is 5.73 Å². The van der Waals surface area contributed by atoms with Crippen molar-refractivity contribution in [2.75, 3.05) is 6.54 Å². The van der Waals surface area contributed by atoms with Crippen molar-refractivity contribution in [3.63, 3.8) is 0 Å². The molecule has 3 N–H and O–H groups in total. The topological polar surface area (TPSA) is 61.8 Å². The van der Waals surface area contributed by atoms with Crippen molar-refractivity contribution in [3.8, 4) is 0 Å². The van der Waals surface area contributed by atoms with E-state index < -0.39 is 32.6 Å². The number of hydrogen-bond acceptors (Lipinski definition) is 2. The van der Waals surface area contributed by atoms with Crippen LogP contribution in [0.5, 0.6) is 0 Å². The Morgan fingerprint density at radius 2 is 1.57 bits per heavy atom. The van der Waals surface area contributed by atoms with Crippen LogP contribution in [0.2, 0.25) is 0 Å². The molecule has 0 amide bonds. The van der Waals surface area contributed by atoms with Crippen molar-refractivity contribution in [3.05, 3.63) is 65.5 Å². The minimum atomic E-state index is -4.68. The Kier molecular flexibility index (Phi) is 4.76. The van der Waals surface area contributed by atoms with E-state index in [1.54, 1.807) is 0 Å². The van der Waals surface area contributed by atoms with E-state index in [1.807, 2.05) is 0 Å². The predicted molar refractivity (Wildman–Crippen MR) is 75.5 cm³/mol. The van der Waals surface area contributed by atoms with Crippen LogP contribution in [-0.2, 0) is 16.0 Å². The average Bonchev–Trinajstić information content (AvgIpc) is 2.47. The molecule has 2 aromatic rings. The Bertz CT molecular complexity index is 786. The van der Waals surface area contributed by atoms with Crippen molar-refractivity contribution < 1.29 is 31.7 Å². The van der Waals surface area contributed by atoms with Crippen molar-refractivity contribution in [1.29, 1.82) is 0 Å². The molecule has 3 nitrogen and oxygen atoms in total. The summed E-state index contributed by atoms with van der Waals surface area (Å²) in [5.41, 5.74) is 2.10. The summed E-state index contributed by atoms with van der Waals surface area (Å²) in [6, 6.07) is 8.45. The monoisotopic (exact) mass is 348 g/mol. The lowest BCUT2D eigenvalue weighted by atomic mass is 10.0. The highest BCUT2D eigenvalue weighted by molar-refractivity contribution is 7.91. The molecule has 0 saturated carbocycles. The number of quaternary nitrogens is 1. The number of rotatable bonds is 4. The first kappa shape index (κ1) is 17.4. The van der Waals surface area contributed by atoms with Gasteiger partial charge in [0.25, 0.3) is 0 Å². The molecule has 0 aliphatic rings. The highest BCUT2D eigenvalue weighted by atomic mass is 32.2. The van der Waals surface area contributed by atoms with Gasteiger partial charge in [0.05, 0.1) is 17.0 Å². The van der Waals surface area contributed by atoms with E-state index in [0.29, 0.717) is 0 Å². The summed E-state index contributed by atoms with van der Waals surface area (Å²) < 4.78 is 77.6. The normalized spacial score (nSPS) is 13.8. The zero-order valence-corrected chi connectivity index (χ0v) is 12.7. The molecule has 8 heteroatoms. The second kappa shape index (κ2) is 6.29. The van der Waals surface area contributed by atoms with Crippen LogP contribution in [0, 0.1) is 5.82 Å². The first-order valence-corrected chi connectivity index (χ1v) is 8.17. The van der Waals surface area contributed by atoms with Gasteiger partial charge in [-0.25, -0.2) is 12.8 Å². The third-order valence-corrected chi connectivity index (χ3v) is 5.56. The van der Waals surface area contributed by atoms with E-state index >= 15 is 0 Å². The molecule has 0 radical (unpaired) electrons. The maximum Gasteiger partial charge on any atom is 0.416 e. The van der Waals surface area contributed by atoms with E-state index in [0.717, 1.165) is 36.4 Å². The van der Waals surface area contributed by atoms with Gasteiger partial charge in [0.2, 0.25) is 0 Å². The van der Waals surface area contributed by atoms with Gasteiger partial charge in [0, 0.05) is 0 Å². The summed E-state index contributed by atoms with van der Waals surface area (Å²) in [6.07, 6.45) is -4.68. The summed E-state index contributed by atoms with van der Waals surface area (Å²) in [6.45, 7) is -0.285. The molecule has 0 aromatic heterocycles. The van der Waals surface area contributed by atoms with Crippen molar-refractivity contribution in [2.45, 2.75) is 16.3 Å². The fraction of sp³-hybridized carbons (Fsp3) is 0.200. The minimum Gasteiger partial charge on any atom is -0.356 e. The van der Waals surface area contributed by atoms with Crippen molar-refractivity contribution >= 4 is 9.84 Å². The Morgan fingerprint density at radius 3 is 2.09 bits per heavy atom. The molecule has 0 spiro atoms. The van der Waals surface area contributed by atoms with E-state index in [4.69, 9.17) is 0 Å². The Labute approximate surface area is 130 Å². The lowest BCUT2D eigenvalue weighted by Crippen LogP contribution is -2.54. The molecule has 0 aliphatic heterocycles. The van der Waals surface area contributed by atoms with E-state index in [9.17, 15) is 26.0 Å². The van der Waals surface area contributed by atoms with Gasteiger partial charge in [-0.15, -0.1) is 0 Å². The lowest BCUT2D eigenvalue weighted by molar-refractivity contribution is -0.367. The molecule has 0 unspecified atom stereocenters. The molecule has 23 heavy (non-hydrogen) atoms. The summed E-state index contributed by atoms with van der Waals surface area (Å²) in [5, 5.41) is -1.47. The molecule has 2 aromatic carbocycles. The quantitative estimate of drug-likeness (QED) is 0.682. The third kappa shape index (κ3) is 3.53. The van der Waals surface area contributed by atoms with Gasteiger partial charge >= 0.3 is 6.18 Å². The van der Waals surface area contributed by atoms with Gasteiger partial charge in [-0.2, -0.15) is 13.2 Å². The number of benzene rings is 2. The smallest absolute Gasteiger partial charge is 0.356 e. The van der Waals surface area contributed by atoms with Crippen molar-refractivity contribution in [1.82, 2.24) is 0 Å². The van der Waals surface area contributed by atoms with Gasteiger partial charge in [-0.05, 0) is 35.9 Å². The van der Waals surface area contributed by atoms with Crippen LogP contribution in [0.3, 0.4) is 0 Å². The summed E-state index contributed by atoms with van der Waals surface area (Å²) in [5.74, 6) is -0.634. The molecule has 0 saturated heterocycles. The van der Waals surface area contributed by atoms with Crippen LogP contribution < -0.4 is 5.73 Å². The summed E-state index contributed by atoms with van der Waals surface area (Å²) in [7, 11) is -4.13. The van der Waals surface area contributed by atoms with Gasteiger partial charge in [-0.3, -0.25) is 0 Å². The minimum absolute atomic E-state index is 0.246. The zero-order chi connectivity index (χ0) is 17.3. The van der Waals surface area contributed by atoms with Crippen LogP contribution in [0.25, 0.3) is 0 Å². The highest BCUT2D eigenvalue weighted by Crippen LogP contribution is 2.38. The average molecular weight is 348 g/mol. The maximum absolute atomic E-state index is 13.1.